The van der Waals surface area contributed by atoms with Crippen LogP contribution in [0.3, 0.4) is 0 Å². The van der Waals surface area contributed by atoms with Crippen molar-refractivity contribution in [2.75, 3.05) is 45.9 Å². The minimum Gasteiger partial charge on any atom is -0.497 e. The molecule has 0 saturated carbocycles. The topological polar surface area (TPSA) is 59.5 Å². The van der Waals surface area contributed by atoms with E-state index in [1.165, 1.54) is 0 Å². The molecule has 7 nitrogen and oxygen atoms in total. The lowest BCUT2D eigenvalue weighted by Gasteiger charge is -2.27. The highest BCUT2D eigenvalue weighted by Crippen LogP contribution is 2.30. The van der Waals surface area contributed by atoms with Crippen molar-refractivity contribution in [1.29, 1.82) is 0 Å². The number of hydrogen-bond donors (Lipinski definition) is 0. The van der Waals surface area contributed by atoms with Crippen LogP contribution in [0.25, 0.3) is 10.2 Å². The first-order chi connectivity index (χ1) is 14.6. The summed E-state index contributed by atoms with van der Waals surface area (Å²) in [5, 5.41) is 9.73. The number of rotatable bonds is 10. The van der Waals surface area contributed by atoms with Gasteiger partial charge in [0.1, 0.15) is 17.0 Å². The maximum absolute atomic E-state index is 5.50. The smallest absolute Gasteiger partial charge is 0.409 e. The second-order valence-corrected chi connectivity index (χ2v) is 7.85. The number of ether oxygens (including phenoxy) is 3. The minimum atomic E-state index is 0.0286. The van der Waals surface area contributed by atoms with Crippen LogP contribution in [0.5, 0.6) is 5.75 Å². The van der Waals surface area contributed by atoms with Crippen molar-refractivity contribution in [2.24, 2.45) is 17.3 Å². The predicted molar refractivity (Wildman–Crippen MR) is 121 cm³/mol. The number of anilines is 1. The van der Waals surface area contributed by atoms with Crippen LogP contribution in [0.2, 0.25) is 0 Å². The van der Waals surface area contributed by atoms with Crippen LogP contribution in [0.15, 0.2) is 52.7 Å². The molecule has 0 amide bonds. The van der Waals surface area contributed by atoms with E-state index in [2.05, 4.69) is 34.2 Å². The summed E-state index contributed by atoms with van der Waals surface area (Å²) in [6, 6.07) is 14.1. The van der Waals surface area contributed by atoms with Gasteiger partial charge in [-0.25, -0.2) is 4.57 Å². The molecular formula is C22H29N4O3S+. The number of aromatic nitrogens is 1. The largest absolute Gasteiger partial charge is 0.497 e. The van der Waals surface area contributed by atoms with Gasteiger partial charge in [-0.05, 0) is 59.8 Å². The zero-order valence-corrected chi connectivity index (χ0v) is 19.0. The van der Waals surface area contributed by atoms with Gasteiger partial charge in [-0.2, -0.15) is 0 Å². The maximum Gasteiger partial charge on any atom is 0.409 e. The quantitative estimate of drug-likeness (QED) is 0.348. The van der Waals surface area contributed by atoms with E-state index < -0.39 is 0 Å². The first kappa shape index (κ1) is 22.1. The lowest BCUT2D eigenvalue weighted by molar-refractivity contribution is -0.627. The van der Waals surface area contributed by atoms with Crippen LogP contribution in [0.1, 0.15) is 6.92 Å². The Hall–Kier alpha value is -2.55. The van der Waals surface area contributed by atoms with Gasteiger partial charge in [-0.15, -0.1) is 0 Å². The number of aryl methyl sites for hydroxylation is 1. The Morgan fingerprint density at radius 2 is 1.83 bits per heavy atom. The fourth-order valence-corrected chi connectivity index (χ4v) is 4.21. The summed E-state index contributed by atoms with van der Waals surface area (Å²) in [6.07, 6.45) is 0.0286. The Morgan fingerprint density at radius 3 is 2.47 bits per heavy atom. The molecular weight excluding hydrogens is 400 g/mol. The van der Waals surface area contributed by atoms with Crippen molar-refractivity contribution in [3.8, 4) is 5.75 Å². The number of benzene rings is 2. The van der Waals surface area contributed by atoms with E-state index >= 15 is 0 Å². The summed E-state index contributed by atoms with van der Waals surface area (Å²) in [4.78, 5) is 2.26. The van der Waals surface area contributed by atoms with Crippen molar-refractivity contribution in [3.05, 3.63) is 42.5 Å². The summed E-state index contributed by atoms with van der Waals surface area (Å²) in [5.74, 6) is 0.838. The second-order valence-electron chi connectivity index (χ2n) is 6.85. The van der Waals surface area contributed by atoms with Gasteiger partial charge in [-0.1, -0.05) is 0 Å². The van der Waals surface area contributed by atoms with Crippen molar-refractivity contribution < 1.29 is 18.8 Å². The summed E-state index contributed by atoms with van der Waals surface area (Å²) in [7, 11) is 7.07. The van der Waals surface area contributed by atoms with Gasteiger partial charge < -0.3 is 19.1 Å². The van der Waals surface area contributed by atoms with Crippen molar-refractivity contribution >= 4 is 38.1 Å². The van der Waals surface area contributed by atoms with E-state index in [1.54, 1.807) is 32.7 Å². The monoisotopic (exact) mass is 429 g/mol. The molecule has 30 heavy (non-hydrogen) atoms. The van der Waals surface area contributed by atoms with Gasteiger partial charge in [0.15, 0.2) is 0 Å². The summed E-state index contributed by atoms with van der Waals surface area (Å²) in [6.45, 7) is 4.34. The summed E-state index contributed by atoms with van der Waals surface area (Å²) < 4.78 is 19.2. The molecule has 1 aromatic heterocycles. The van der Waals surface area contributed by atoms with E-state index in [4.69, 9.17) is 14.2 Å². The number of likely N-dealkylation sites (N-methyl/N-ethyl adjacent to an activating group) is 1. The van der Waals surface area contributed by atoms with E-state index in [0.717, 1.165) is 45.6 Å². The molecule has 0 radical (unpaired) electrons. The molecule has 0 bridgehead atoms. The Balaban J connectivity index is 1.74. The summed E-state index contributed by atoms with van der Waals surface area (Å²) >= 11 is 1.59. The average Bonchev–Trinajstić information content (AvgIpc) is 3.10. The number of thiazole rings is 1. The van der Waals surface area contributed by atoms with Gasteiger partial charge in [0, 0.05) is 39.1 Å². The van der Waals surface area contributed by atoms with Crippen molar-refractivity contribution in [1.82, 2.24) is 0 Å². The molecule has 1 atom stereocenters. The predicted octanol–water partition coefficient (Wildman–Crippen LogP) is 4.64. The van der Waals surface area contributed by atoms with Crippen LogP contribution in [-0.2, 0) is 16.5 Å². The van der Waals surface area contributed by atoms with Gasteiger partial charge in [0.2, 0.25) is 0 Å². The van der Waals surface area contributed by atoms with Gasteiger partial charge >= 0.3 is 5.13 Å². The first-order valence-electron chi connectivity index (χ1n) is 9.84. The average molecular weight is 430 g/mol. The lowest BCUT2D eigenvalue weighted by Crippen LogP contribution is -2.35. The highest BCUT2D eigenvalue weighted by atomic mass is 32.1. The Labute approximate surface area is 181 Å². The molecule has 0 aliphatic heterocycles. The summed E-state index contributed by atoms with van der Waals surface area (Å²) in [5.41, 5.74) is 3.03. The third kappa shape index (κ3) is 5.13. The molecule has 0 spiro atoms. The fraction of sp³-hybridized carbons (Fsp3) is 0.409. The zero-order valence-electron chi connectivity index (χ0n) is 18.2. The Morgan fingerprint density at radius 1 is 1.07 bits per heavy atom. The zero-order chi connectivity index (χ0) is 21.5. The first-order valence-corrected chi connectivity index (χ1v) is 10.7. The fourth-order valence-electron chi connectivity index (χ4n) is 3.21. The number of nitrogens with zero attached hydrogens (tertiary/aromatic N) is 4. The number of azo groups is 1. The van der Waals surface area contributed by atoms with Crippen LogP contribution >= 0.6 is 11.3 Å². The molecule has 0 N–H and O–H groups in total. The van der Waals surface area contributed by atoms with Gasteiger partial charge in [0.25, 0.3) is 0 Å². The van der Waals surface area contributed by atoms with Crippen LogP contribution in [-0.4, -0.2) is 47.1 Å². The van der Waals surface area contributed by atoms with E-state index in [1.807, 2.05) is 41.9 Å². The van der Waals surface area contributed by atoms with E-state index in [9.17, 15) is 0 Å². The maximum atomic E-state index is 5.50. The SMILES string of the molecule is CCN(CC(COC)OC)c1ccc(N=Nc2sc3cc(OC)ccc3[n+]2C)cc1. The van der Waals surface area contributed by atoms with Crippen LogP contribution in [0, 0.1) is 0 Å². The molecule has 1 unspecified atom stereocenters. The number of methoxy groups -OCH3 is 3. The standard InChI is InChI=1S/C22H29N4O3S/c1-6-26(14-19(29-5)15-27-3)17-9-7-16(8-10-17)23-24-22-25(2)20-12-11-18(28-4)13-21(20)30-22/h7-13,19H,6,14-15H2,1-5H3/q+1. The lowest BCUT2D eigenvalue weighted by atomic mass is 10.2. The molecule has 3 rings (SSSR count). The van der Waals surface area contributed by atoms with E-state index in [0.29, 0.717) is 6.61 Å². The molecule has 2 aromatic carbocycles. The third-order valence-electron chi connectivity index (χ3n) is 4.97. The molecule has 0 aliphatic rings. The minimum absolute atomic E-state index is 0.0286. The number of hydrogen-bond acceptors (Lipinski definition) is 7. The molecule has 1 heterocycles. The van der Waals surface area contributed by atoms with Gasteiger partial charge in [-0.3, -0.25) is 0 Å². The van der Waals surface area contributed by atoms with Gasteiger partial charge in [0.05, 0.1) is 36.7 Å². The second kappa shape index (κ2) is 10.5. The number of fused-ring (bicyclic) bond motifs is 1. The van der Waals surface area contributed by atoms with Crippen LogP contribution in [0.4, 0.5) is 16.5 Å². The van der Waals surface area contributed by atoms with Crippen LogP contribution < -0.4 is 14.2 Å². The molecule has 0 fully saturated rings. The van der Waals surface area contributed by atoms with E-state index in [-0.39, 0.29) is 6.10 Å². The van der Waals surface area contributed by atoms with Crippen molar-refractivity contribution in [2.45, 2.75) is 13.0 Å². The molecule has 0 saturated heterocycles. The molecule has 3 aromatic rings. The normalized spacial score (nSPS) is 12.6. The molecule has 8 heteroatoms. The molecule has 0 aliphatic carbocycles. The van der Waals surface area contributed by atoms with Crippen molar-refractivity contribution in [3.63, 3.8) is 0 Å². The Bertz CT molecular complexity index is 988. The molecule has 160 valence electrons. The highest BCUT2D eigenvalue weighted by molar-refractivity contribution is 7.21. The highest BCUT2D eigenvalue weighted by Gasteiger charge is 2.17. The Kier molecular flexibility index (Phi) is 7.73. The third-order valence-corrected chi connectivity index (χ3v) is 6.06.